The van der Waals surface area contributed by atoms with Crippen LogP contribution in [0, 0.1) is 10.1 Å². The molecule has 1 N–H and O–H groups in total. The lowest BCUT2D eigenvalue weighted by atomic mass is 10.2. The number of nitro benzene ring substituents is 1. The van der Waals surface area contributed by atoms with Crippen molar-refractivity contribution in [1.29, 1.82) is 0 Å². The van der Waals surface area contributed by atoms with Gasteiger partial charge in [-0.1, -0.05) is 15.9 Å². The first-order chi connectivity index (χ1) is 7.99. The summed E-state index contributed by atoms with van der Waals surface area (Å²) in [4.78, 5) is 23.0. The summed E-state index contributed by atoms with van der Waals surface area (Å²) in [5.41, 5.74) is 0.107. The number of hydrogen-bond donors (Lipinski definition) is 1. The second kappa shape index (κ2) is 4.33. The van der Waals surface area contributed by atoms with Gasteiger partial charge in [-0.15, -0.1) is 0 Å². The van der Waals surface area contributed by atoms with E-state index in [0.29, 0.717) is 18.7 Å². The second-order valence-corrected chi connectivity index (χ2v) is 5.03. The predicted octanol–water partition coefficient (Wildman–Crippen LogP) is 1.80. The maximum absolute atomic E-state index is 11.6. The Balaban J connectivity index is 2.34. The number of hydrogen-bond acceptors (Lipinski definition) is 4. The molecular formula is C10H9BrN2O4. The molecule has 90 valence electrons. The lowest BCUT2D eigenvalue weighted by Crippen LogP contribution is -2.24. The van der Waals surface area contributed by atoms with Crippen LogP contribution in [0.25, 0.3) is 0 Å². The van der Waals surface area contributed by atoms with Gasteiger partial charge in [-0.3, -0.25) is 14.9 Å². The molecule has 0 saturated carbocycles. The Hall–Kier alpha value is -1.63. The number of benzene rings is 1. The molecule has 0 aromatic heterocycles. The summed E-state index contributed by atoms with van der Waals surface area (Å²) in [5, 5.41) is 20.2. The first kappa shape index (κ1) is 11.8. The SMILES string of the molecule is O=C1CC(Br)CN1c1ccc([N+](=O)[O-])cc1O. The van der Waals surface area contributed by atoms with E-state index in [1.807, 2.05) is 0 Å². The average molecular weight is 301 g/mol. The first-order valence-corrected chi connectivity index (χ1v) is 5.82. The number of alkyl halides is 1. The minimum absolute atomic E-state index is 0.0459. The van der Waals surface area contributed by atoms with Crippen LogP contribution < -0.4 is 4.90 Å². The fourth-order valence-electron chi connectivity index (χ4n) is 1.75. The van der Waals surface area contributed by atoms with Gasteiger partial charge in [0.2, 0.25) is 5.91 Å². The van der Waals surface area contributed by atoms with E-state index in [0.717, 1.165) is 6.07 Å². The van der Waals surface area contributed by atoms with E-state index >= 15 is 0 Å². The number of anilines is 1. The third-order valence-corrected chi connectivity index (χ3v) is 3.15. The highest BCUT2D eigenvalue weighted by atomic mass is 79.9. The Bertz CT molecular complexity index is 491. The van der Waals surface area contributed by atoms with Gasteiger partial charge in [0.05, 0.1) is 16.7 Å². The number of aromatic hydroxyl groups is 1. The zero-order chi connectivity index (χ0) is 12.6. The fraction of sp³-hybridized carbons (Fsp3) is 0.300. The van der Waals surface area contributed by atoms with Gasteiger partial charge in [-0.25, -0.2) is 0 Å². The molecule has 1 heterocycles. The van der Waals surface area contributed by atoms with Gasteiger partial charge in [0.15, 0.2) is 0 Å². The molecule has 1 aromatic carbocycles. The highest BCUT2D eigenvalue weighted by Gasteiger charge is 2.30. The number of non-ortho nitro benzene ring substituents is 1. The number of amides is 1. The van der Waals surface area contributed by atoms with Crippen LogP contribution in [0.3, 0.4) is 0 Å². The molecule has 1 aromatic rings. The van der Waals surface area contributed by atoms with Crippen molar-refractivity contribution < 1.29 is 14.8 Å². The van der Waals surface area contributed by atoms with Crippen molar-refractivity contribution >= 4 is 33.2 Å². The van der Waals surface area contributed by atoms with E-state index in [-0.39, 0.29) is 22.2 Å². The molecule has 1 aliphatic heterocycles. The highest BCUT2D eigenvalue weighted by Crippen LogP contribution is 2.34. The average Bonchev–Trinajstić information content (AvgIpc) is 2.57. The van der Waals surface area contributed by atoms with Crippen molar-refractivity contribution in [3.8, 4) is 5.75 Å². The summed E-state index contributed by atoms with van der Waals surface area (Å²) in [6.07, 6.45) is 0.358. The van der Waals surface area contributed by atoms with Crippen LogP contribution in [0.4, 0.5) is 11.4 Å². The van der Waals surface area contributed by atoms with Crippen LogP contribution in [0.1, 0.15) is 6.42 Å². The molecule has 6 nitrogen and oxygen atoms in total. The molecule has 1 saturated heterocycles. The quantitative estimate of drug-likeness (QED) is 0.513. The smallest absolute Gasteiger partial charge is 0.273 e. The molecule has 0 radical (unpaired) electrons. The molecule has 17 heavy (non-hydrogen) atoms. The van der Waals surface area contributed by atoms with Crippen molar-refractivity contribution in [2.75, 3.05) is 11.4 Å². The standard InChI is InChI=1S/C10H9BrN2O4/c11-6-3-10(15)12(5-6)8-2-1-7(13(16)17)4-9(8)14/h1-2,4,6,14H,3,5H2. The van der Waals surface area contributed by atoms with E-state index in [9.17, 15) is 20.0 Å². The summed E-state index contributed by atoms with van der Waals surface area (Å²) >= 11 is 3.33. The maximum Gasteiger partial charge on any atom is 0.273 e. The van der Waals surface area contributed by atoms with Crippen molar-refractivity contribution in [3.63, 3.8) is 0 Å². The van der Waals surface area contributed by atoms with Crippen LogP contribution in [0.2, 0.25) is 0 Å². The Kier molecular flexibility index (Phi) is 3.01. The normalized spacial score (nSPS) is 19.7. The monoisotopic (exact) mass is 300 g/mol. The van der Waals surface area contributed by atoms with Gasteiger partial charge in [-0.2, -0.15) is 0 Å². The largest absolute Gasteiger partial charge is 0.505 e. The van der Waals surface area contributed by atoms with Gasteiger partial charge >= 0.3 is 0 Å². The topological polar surface area (TPSA) is 83.7 Å². The van der Waals surface area contributed by atoms with Gasteiger partial charge < -0.3 is 10.0 Å². The molecule has 0 spiro atoms. The van der Waals surface area contributed by atoms with E-state index in [4.69, 9.17) is 0 Å². The van der Waals surface area contributed by atoms with Crippen molar-refractivity contribution in [2.24, 2.45) is 0 Å². The van der Waals surface area contributed by atoms with E-state index in [1.54, 1.807) is 0 Å². The van der Waals surface area contributed by atoms with Crippen LogP contribution in [-0.2, 0) is 4.79 Å². The molecule has 1 amide bonds. The number of carbonyl (C=O) groups is 1. The predicted molar refractivity (Wildman–Crippen MR) is 64.4 cm³/mol. The summed E-state index contributed by atoms with van der Waals surface area (Å²) in [7, 11) is 0. The third kappa shape index (κ3) is 2.23. The number of rotatable bonds is 2. The van der Waals surface area contributed by atoms with Gasteiger partial charge in [0.25, 0.3) is 5.69 Å². The van der Waals surface area contributed by atoms with Gasteiger partial charge in [0, 0.05) is 23.9 Å². The van der Waals surface area contributed by atoms with Crippen LogP contribution in [0.5, 0.6) is 5.75 Å². The second-order valence-electron chi connectivity index (χ2n) is 3.74. The lowest BCUT2D eigenvalue weighted by Gasteiger charge is -2.16. The van der Waals surface area contributed by atoms with Crippen LogP contribution >= 0.6 is 15.9 Å². The third-order valence-electron chi connectivity index (χ3n) is 2.54. The number of phenolic OH excluding ortho intramolecular Hbond substituents is 1. The summed E-state index contributed by atoms with van der Waals surface area (Å²) in [5.74, 6) is -0.370. The Morgan fingerprint density at radius 2 is 2.24 bits per heavy atom. The number of carbonyl (C=O) groups excluding carboxylic acids is 1. The van der Waals surface area contributed by atoms with E-state index in [2.05, 4.69) is 15.9 Å². The van der Waals surface area contributed by atoms with Gasteiger partial charge in [0.1, 0.15) is 5.75 Å². The molecular weight excluding hydrogens is 292 g/mol. The minimum atomic E-state index is -0.595. The molecule has 1 atom stereocenters. The Labute approximate surface area is 105 Å². The van der Waals surface area contributed by atoms with Crippen LogP contribution in [-0.4, -0.2) is 27.3 Å². The molecule has 1 unspecified atom stereocenters. The zero-order valence-corrected chi connectivity index (χ0v) is 10.3. The molecule has 1 aliphatic rings. The van der Waals surface area contributed by atoms with Crippen molar-refractivity contribution in [2.45, 2.75) is 11.2 Å². The number of halogens is 1. The van der Waals surface area contributed by atoms with E-state index in [1.165, 1.54) is 17.0 Å². The molecule has 1 fully saturated rings. The lowest BCUT2D eigenvalue weighted by molar-refractivity contribution is -0.384. The molecule has 2 rings (SSSR count). The molecule has 0 aliphatic carbocycles. The Morgan fingerprint density at radius 1 is 1.53 bits per heavy atom. The molecule has 0 bridgehead atoms. The summed E-state index contributed by atoms with van der Waals surface area (Å²) in [6, 6.07) is 3.70. The highest BCUT2D eigenvalue weighted by molar-refractivity contribution is 9.09. The van der Waals surface area contributed by atoms with Gasteiger partial charge in [-0.05, 0) is 6.07 Å². The molecule has 7 heteroatoms. The van der Waals surface area contributed by atoms with E-state index < -0.39 is 4.92 Å². The minimum Gasteiger partial charge on any atom is -0.505 e. The number of nitro groups is 1. The number of nitrogens with zero attached hydrogens (tertiary/aromatic N) is 2. The summed E-state index contributed by atoms with van der Waals surface area (Å²) in [6.45, 7) is 0.449. The maximum atomic E-state index is 11.6. The number of phenols is 1. The Morgan fingerprint density at radius 3 is 2.71 bits per heavy atom. The summed E-state index contributed by atoms with van der Waals surface area (Å²) < 4.78 is 0. The van der Waals surface area contributed by atoms with Crippen molar-refractivity contribution in [1.82, 2.24) is 0 Å². The first-order valence-electron chi connectivity index (χ1n) is 4.91. The fourth-order valence-corrected chi connectivity index (χ4v) is 2.32. The van der Waals surface area contributed by atoms with Crippen molar-refractivity contribution in [3.05, 3.63) is 28.3 Å². The van der Waals surface area contributed by atoms with Crippen LogP contribution in [0.15, 0.2) is 18.2 Å². The zero-order valence-electron chi connectivity index (χ0n) is 8.67.